The first-order valence-corrected chi connectivity index (χ1v) is 4.64. The van der Waals surface area contributed by atoms with E-state index < -0.39 is 0 Å². The number of methoxy groups -OCH3 is 1. The van der Waals surface area contributed by atoms with Crippen LogP contribution in [0.2, 0.25) is 0 Å². The predicted molar refractivity (Wildman–Crippen MR) is 54.4 cm³/mol. The van der Waals surface area contributed by atoms with Crippen LogP contribution in [-0.2, 0) is 4.74 Å². The molecule has 0 heterocycles. The van der Waals surface area contributed by atoms with Crippen molar-refractivity contribution in [1.29, 1.82) is 0 Å². The highest BCUT2D eigenvalue weighted by Gasteiger charge is 2.07. The maximum Gasteiger partial charge on any atom is 0.119 e. The van der Waals surface area contributed by atoms with E-state index in [1.807, 2.05) is 30.3 Å². The number of rotatable bonds is 6. The Balaban J connectivity index is 2.32. The second-order valence-electron chi connectivity index (χ2n) is 3.13. The fourth-order valence-corrected chi connectivity index (χ4v) is 1.12. The summed E-state index contributed by atoms with van der Waals surface area (Å²) >= 11 is 0. The Morgan fingerprint density at radius 3 is 2.50 bits per heavy atom. The highest BCUT2D eigenvalue weighted by molar-refractivity contribution is 5.20. The van der Waals surface area contributed by atoms with Gasteiger partial charge in [0.15, 0.2) is 0 Å². The number of ether oxygens (including phenoxy) is 2. The summed E-state index contributed by atoms with van der Waals surface area (Å²) in [6.45, 7) is 1.08. The van der Waals surface area contributed by atoms with E-state index in [-0.39, 0.29) is 12.5 Å². The number of hydrogen-bond donors (Lipinski definition) is 1. The molecule has 0 spiro atoms. The molecule has 0 aliphatic heterocycles. The highest BCUT2D eigenvalue weighted by atomic mass is 16.5. The summed E-state index contributed by atoms with van der Waals surface area (Å²) in [6, 6.07) is 9.55. The number of hydrogen-bond acceptors (Lipinski definition) is 3. The summed E-state index contributed by atoms with van der Waals surface area (Å²) in [5.74, 6) is 0.863. The Kier molecular flexibility index (Phi) is 5.04. The van der Waals surface area contributed by atoms with Gasteiger partial charge in [0, 0.05) is 13.0 Å². The van der Waals surface area contributed by atoms with Gasteiger partial charge in [-0.3, -0.25) is 0 Å². The van der Waals surface area contributed by atoms with Crippen LogP contribution in [0.4, 0.5) is 0 Å². The van der Waals surface area contributed by atoms with E-state index in [4.69, 9.17) is 14.6 Å². The topological polar surface area (TPSA) is 38.7 Å². The van der Waals surface area contributed by atoms with Gasteiger partial charge in [-0.05, 0) is 12.1 Å². The molecular weight excluding hydrogens is 180 g/mol. The molecule has 0 fully saturated rings. The van der Waals surface area contributed by atoms with Crippen LogP contribution < -0.4 is 4.74 Å². The van der Waals surface area contributed by atoms with Gasteiger partial charge < -0.3 is 14.6 Å². The lowest BCUT2D eigenvalue weighted by atomic mass is 10.2. The maximum atomic E-state index is 8.98. The monoisotopic (exact) mass is 196 g/mol. The Hall–Kier alpha value is -1.06. The minimum atomic E-state index is 0.0419. The van der Waals surface area contributed by atoms with E-state index in [2.05, 4.69) is 0 Å². The summed E-state index contributed by atoms with van der Waals surface area (Å²) in [5.41, 5.74) is 0. The van der Waals surface area contributed by atoms with Gasteiger partial charge in [-0.25, -0.2) is 0 Å². The smallest absolute Gasteiger partial charge is 0.119 e. The molecule has 78 valence electrons. The summed E-state index contributed by atoms with van der Waals surface area (Å²) < 4.78 is 10.4. The summed E-state index contributed by atoms with van der Waals surface area (Å²) in [7, 11) is 1.62. The molecule has 0 radical (unpaired) electrons. The average Bonchev–Trinajstić information content (AvgIpc) is 2.25. The molecule has 3 heteroatoms. The van der Waals surface area contributed by atoms with E-state index in [0.717, 1.165) is 5.75 Å². The molecule has 0 saturated heterocycles. The standard InChI is InChI=1S/C11H16O3/c1-13-8-10(7-12)9-14-11-5-3-2-4-6-11/h2-6,10,12H,7-9H2,1H3. The molecule has 0 amide bonds. The van der Waals surface area contributed by atoms with Gasteiger partial charge in [0.25, 0.3) is 0 Å². The van der Waals surface area contributed by atoms with Gasteiger partial charge in [0.05, 0.1) is 19.8 Å². The van der Waals surface area contributed by atoms with E-state index in [9.17, 15) is 0 Å². The van der Waals surface area contributed by atoms with E-state index >= 15 is 0 Å². The second kappa shape index (κ2) is 6.40. The molecule has 1 N–H and O–H groups in total. The normalized spacial score (nSPS) is 12.4. The molecule has 0 aliphatic carbocycles. The Morgan fingerprint density at radius 2 is 1.93 bits per heavy atom. The molecule has 1 rings (SSSR count). The Morgan fingerprint density at radius 1 is 1.21 bits per heavy atom. The minimum absolute atomic E-state index is 0.0419. The molecule has 1 aromatic carbocycles. The van der Waals surface area contributed by atoms with Gasteiger partial charge in [-0.2, -0.15) is 0 Å². The van der Waals surface area contributed by atoms with Gasteiger partial charge in [0.2, 0.25) is 0 Å². The average molecular weight is 196 g/mol. The van der Waals surface area contributed by atoms with Crippen molar-refractivity contribution in [3.8, 4) is 5.75 Å². The number of aliphatic hydroxyl groups is 1. The molecule has 1 aromatic rings. The lowest BCUT2D eigenvalue weighted by Gasteiger charge is -2.13. The summed E-state index contributed by atoms with van der Waals surface area (Å²) in [5, 5.41) is 8.98. The Labute approximate surface area is 84.3 Å². The molecular formula is C11H16O3. The largest absolute Gasteiger partial charge is 0.493 e. The van der Waals surface area contributed by atoms with Crippen molar-refractivity contribution < 1.29 is 14.6 Å². The van der Waals surface area contributed by atoms with Gasteiger partial charge in [-0.15, -0.1) is 0 Å². The molecule has 14 heavy (non-hydrogen) atoms. The van der Waals surface area contributed by atoms with Crippen LogP contribution >= 0.6 is 0 Å². The molecule has 0 aromatic heterocycles. The summed E-state index contributed by atoms with van der Waals surface area (Å²) in [6.07, 6.45) is 0. The zero-order valence-electron chi connectivity index (χ0n) is 8.35. The highest BCUT2D eigenvalue weighted by Crippen LogP contribution is 2.09. The van der Waals surface area contributed by atoms with Gasteiger partial charge >= 0.3 is 0 Å². The molecule has 0 saturated carbocycles. The number of benzene rings is 1. The Bertz CT molecular complexity index is 236. The first kappa shape index (κ1) is 11.0. The van der Waals surface area contributed by atoms with Crippen LogP contribution in [0, 0.1) is 5.92 Å². The fraction of sp³-hybridized carbons (Fsp3) is 0.455. The maximum absolute atomic E-state index is 8.98. The van der Waals surface area contributed by atoms with Crippen LogP contribution in [-0.4, -0.2) is 32.0 Å². The molecule has 0 bridgehead atoms. The molecule has 3 nitrogen and oxygen atoms in total. The first-order valence-electron chi connectivity index (χ1n) is 4.64. The van der Waals surface area contributed by atoms with Crippen LogP contribution in [0.25, 0.3) is 0 Å². The van der Waals surface area contributed by atoms with E-state index in [0.29, 0.717) is 13.2 Å². The lowest BCUT2D eigenvalue weighted by molar-refractivity contribution is 0.0781. The third-order valence-electron chi connectivity index (χ3n) is 1.89. The van der Waals surface area contributed by atoms with Gasteiger partial charge in [-0.1, -0.05) is 18.2 Å². The van der Waals surface area contributed by atoms with Crippen LogP contribution in [0.3, 0.4) is 0 Å². The first-order chi connectivity index (χ1) is 6.86. The van der Waals surface area contributed by atoms with Crippen LogP contribution in [0.5, 0.6) is 5.75 Å². The third-order valence-corrected chi connectivity index (χ3v) is 1.89. The SMILES string of the molecule is COCC(CO)COc1ccccc1. The molecule has 1 atom stereocenters. The zero-order valence-corrected chi connectivity index (χ0v) is 8.35. The predicted octanol–water partition coefficient (Wildman–Crippen LogP) is 1.32. The van der Waals surface area contributed by atoms with E-state index in [1.165, 1.54) is 0 Å². The molecule has 1 unspecified atom stereocenters. The van der Waals surface area contributed by atoms with Crippen molar-refractivity contribution >= 4 is 0 Å². The van der Waals surface area contributed by atoms with Crippen LogP contribution in [0.15, 0.2) is 30.3 Å². The third kappa shape index (κ3) is 3.77. The van der Waals surface area contributed by atoms with Crippen LogP contribution in [0.1, 0.15) is 0 Å². The van der Waals surface area contributed by atoms with Crippen molar-refractivity contribution in [3.63, 3.8) is 0 Å². The van der Waals surface area contributed by atoms with Crippen molar-refractivity contribution in [1.82, 2.24) is 0 Å². The van der Waals surface area contributed by atoms with Crippen molar-refractivity contribution in [3.05, 3.63) is 30.3 Å². The lowest BCUT2D eigenvalue weighted by Crippen LogP contribution is -2.20. The van der Waals surface area contributed by atoms with Gasteiger partial charge in [0.1, 0.15) is 5.75 Å². The minimum Gasteiger partial charge on any atom is -0.493 e. The fourth-order valence-electron chi connectivity index (χ4n) is 1.12. The number of aliphatic hydroxyl groups excluding tert-OH is 1. The zero-order chi connectivity index (χ0) is 10.2. The second-order valence-corrected chi connectivity index (χ2v) is 3.13. The quantitative estimate of drug-likeness (QED) is 0.745. The number of para-hydroxylation sites is 1. The van der Waals surface area contributed by atoms with E-state index in [1.54, 1.807) is 7.11 Å². The summed E-state index contributed by atoms with van der Waals surface area (Å²) in [4.78, 5) is 0. The van der Waals surface area contributed by atoms with Crippen molar-refractivity contribution in [2.45, 2.75) is 0 Å². The van der Waals surface area contributed by atoms with Crippen molar-refractivity contribution in [2.24, 2.45) is 5.92 Å². The molecule has 0 aliphatic rings. The van der Waals surface area contributed by atoms with Crippen molar-refractivity contribution in [2.75, 3.05) is 26.9 Å².